The SMILES string of the molecule is CCOC(=O)CN1C(=O)S/C(=C\c2cc(Br)c(OCc3cccc(C)c3)c(OCC)c2)C1=O. The Bertz CT molecular complexity index is 1100. The molecular weight excluding hydrogens is 510 g/mol. The number of ether oxygens (including phenoxy) is 3. The Balaban J connectivity index is 1.82. The van der Waals surface area contributed by atoms with Gasteiger partial charge in [0, 0.05) is 0 Å². The van der Waals surface area contributed by atoms with E-state index in [1.165, 1.54) is 0 Å². The molecule has 1 aliphatic heterocycles. The third-order valence-electron chi connectivity index (χ3n) is 4.56. The van der Waals surface area contributed by atoms with E-state index in [-0.39, 0.29) is 11.5 Å². The van der Waals surface area contributed by atoms with E-state index in [1.54, 1.807) is 25.1 Å². The van der Waals surface area contributed by atoms with E-state index in [0.717, 1.165) is 27.8 Å². The maximum atomic E-state index is 12.6. The molecule has 0 aliphatic carbocycles. The van der Waals surface area contributed by atoms with E-state index in [4.69, 9.17) is 14.2 Å². The number of nitrogens with zero attached hydrogens (tertiary/aromatic N) is 1. The van der Waals surface area contributed by atoms with Gasteiger partial charge in [0.1, 0.15) is 13.2 Å². The molecule has 3 rings (SSSR count). The van der Waals surface area contributed by atoms with Gasteiger partial charge < -0.3 is 14.2 Å². The largest absolute Gasteiger partial charge is 0.490 e. The molecule has 0 saturated carbocycles. The zero-order valence-corrected chi connectivity index (χ0v) is 21.0. The molecule has 2 amide bonds. The van der Waals surface area contributed by atoms with E-state index < -0.39 is 23.7 Å². The molecule has 0 N–H and O–H groups in total. The van der Waals surface area contributed by atoms with Gasteiger partial charge in [0.05, 0.1) is 22.6 Å². The monoisotopic (exact) mass is 533 g/mol. The van der Waals surface area contributed by atoms with E-state index in [0.29, 0.717) is 34.7 Å². The summed E-state index contributed by atoms with van der Waals surface area (Å²) in [5, 5.41) is -0.512. The normalized spacial score (nSPS) is 14.7. The Morgan fingerprint density at radius 3 is 2.61 bits per heavy atom. The van der Waals surface area contributed by atoms with Crippen molar-refractivity contribution in [1.29, 1.82) is 0 Å². The van der Waals surface area contributed by atoms with Crippen molar-refractivity contribution in [2.75, 3.05) is 19.8 Å². The van der Waals surface area contributed by atoms with Crippen LogP contribution in [-0.2, 0) is 20.9 Å². The molecule has 2 aromatic rings. The van der Waals surface area contributed by atoms with Crippen LogP contribution in [0.3, 0.4) is 0 Å². The molecule has 2 aromatic carbocycles. The summed E-state index contributed by atoms with van der Waals surface area (Å²) < 4.78 is 17.3. The van der Waals surface area contributed by atoms with Gasteiger partial charge >= 0.3 is 5.97 Å². The number of hydrogen-bond acceptors (Lipinski definition) is 7. The van der Waals surface area contributed by atoms with Crippen LogP contribution in [0.25, 0.3) is 6.08 Å². The van der Waals surface area contributed by atoms with Crippen molar-refractivity contribution in [3.05, 3.63) is 62.5 Å². The summed E-state index contributed by atoms with van der Waals surface area (Å²) in [6.07, 6.45) is 1.59. The summed E-state index contributed by atoms with van der Waals surface area (Å²) in [5.74, 6) is -0.105. The average Bonchev–Trinajstić information content (AvgIpc) is 3.01. The molecular formula is C24H24BrNO6S. The first-order valence-electron chi connectivity index (χ1n) is 10.4. The van der Waals surface area contributed by atoms with Crippen LogP contribution in [0.4, 0.5) is 4.79 Å². The Labute approximate surface area is 205 Å². The molecule has 1 saturated heterocycles. The molecule has 0 atom stereocenters. The van der Waals surface area contributed by atoms with Gasteiger partial charge in [0.15, 0.2) is 11.5 Å². The molecule has 1 heterocycles. The van der Waals surface area contributed by atoms with Crippen LogP contribution >= 0.6 is 27.7 Å². The molecule has 174 valence electrons. The number of hydrogen-bond donors (Lipinski definition) is 0. The van der Waals surface area contributed by atoms with Gasteiger partial charge in [-0.1, -0.05) is 29.8 Å². The second-order valence-electron chi connectivity index (χ2n) is 7.11. The fourth-order valence-electron chi connectivity index (χ4n) is 3.16. The minimum absolute atomic E-state index is 0.178. The summed E-state index contributed by atoms with van der Waals surface area (Å²) >= 11 is 4.31. The third kappa shape index (κ3) is 6.39. The summed E-state index contributed by atoms with van der Waals surface area (Å²) in [5.41, 5.74) is 2.83. The van der Waals surface area contributed by atoms with Crippen molar-refractivity contribution in [2.24, 2.45) is 0 Å². The number of thioether (sulfide) groups is 1. The van der Waals surface area contributed by atoms with E-state index in [9.17, 15) is 14.4 Å². The van der Waals surface area contributed by atoms with Gasteiger partial charge in [-0.3, -0.25) is 19.3 Å². The number of amides is 2. The molecule has 0 bridgehead atoms. The summed E-state index contributed by atoms with van der Waals surface area (Å²) in [6.45, 7) is 6.11. The highest BCUT2D eigenvalue weighted by atomic mass is 79.9. The molecule has 7 nitrogen and oxygen atoms in total. The highest BCUT2D eigenvalue weighted by Crippen LogP contribution is 2.39. The van der Waals surface area contributed by atoms with Crippen molar-refractivity contribution in [3.8, 4) is 11.5 Å². The zero-order valence-electron chi connectivity index (χ0n) is 18.6. The average molecular weight is 534 g/mol. The van der Waals surface area contributed by atoms with Crippen molar-refractivity contribution in [3.63, 3.8) is 0 Å². The molecule has 1 aliphatic rings. The maximum absolute atomic E-state index is 12.6. The lowest BCUT2D eigenvalue weighted by Gasteiger charge is -2.15. The fourth-order valence-corrected chi connectivity index (χ4v) is 4.57. The standard InChI is InChI=1S/C24H24BrNO6S/c1-4-30-19-11-17(10-18(25)22(19)32-14-16-8-6-7-15(3)9-16)12-20-23(28)26(24(29)33-20)13-21(27)31-5-2/h6-12H,4-5,13-14H2,1-3H3/b20-12-. The maximum Gasteiger partial charge on any atom is 0.326 e. The molecule has 9 heteroatoms. The van der Waals surface area contributed by atoms with Crippen LogP contribution in [0.2, 0.25) is 0 Å². The number of rotatable bonds is 9. The minimum atomic E-state index is -0.627. The fraction of sp³-hybridized carbons (Fsp3) is 0.292. The van der Waals surface area contributed by atoms with Crippen molar-refractivity contribution >= 4 is 50.9 Å². The molecule has 1 fully saturated rings. The van der Waals surface area contributed by atoms with Crippen LogP contribution in [0.5, 0.6) is 11.5 Å². The summed E-state index contributed by atoms with van der Waals surface area (Å²) in [4.78, 5) is 37.7. The number of imide groups is 1. The highest BCUT2D eigenvalue weighted by Gasteiger charge is 2.36. The minimum Gasteiger partial charge on any atom is -0.490 e. The lowest BCUT2D eigenvalue weighted by molar-refractivity contribution is -0.145. The molecule has 0 unspecified atom stereocenters. The predicted molar refractivity (Wildman–Crippen MR) is 130 cm³/mol. The highest BCUT2D eigenvalue weighted by molar-refractivity contribution is 9.10. The van der Waals surface area contributed by atoms with Crippen LogP contribution in [0, 0.1) is 6.92 Å². The quantitative estimate of drug-likeness (QED) is 0.318. The summed E-state index contributed by atoms with van der Waals surface area (Å²) in [6, 6.07) is 11.6. The van der Waals surface area contributed by atoms with Gasteiger partial charge in [-0.2, -0.15) is 0 Å². The van der Waals surface area contributed by atoms with Crippen LogP contribution < -0.4 is 9.47 Å². The van der Waals surface area contributed by atoms with Crippen molar-refractivity contribution in [2.45, 2.75) is 27.4 Å². The van der Waals surface area contributed by atoms with Gasteiger partial charge in [0.25, 0.3) is 11.1 Å². The van der Waals surface area contributed by atoms with Gasteiger partial charge in [-0.15, -0.1) is 0 Å². The number of carbonyl (C=O) groups excluding carboxylic acids is 3. The first-order chi connectivity index (χ1) is 15.8. The summed E-state index contributed by atoms with van der Waals surface area (Å²) in [7, 11) is 0. The smallest absolute Gasteiger partial charge is 0.326 e. The number of esters is 1. The Kier molecular flexibility index (Phi) is 8.57. The number of aryl methyl sites for hydroxylation is 1. The lowest BCUT2D eigenvalue weighted by Crippen LogP contribution is -2.34. The lowest BCUT2D eigenvalue weighted by atomic mass is 10.1. The second kappa shape index (κ2) is 11.4. The number of carbonyl (C=O) groups is 3. The number of benzene rings is 2. The predicted octanol–water partition coefficient (Wildman–Crippen LogP) is 5.33. The molecule has 0 aromatic heterocycles. The van der Waals surface area contributed by atoms with Crippen LogP contribution in [0.1, 0.15) is 30.5 Å². The van der Waals surface area contributed by atoms with Gasteiger partial charge in [-0.25, -0.2) is 0 Å². The number of halogens is 1. The van der Waals surface area contributed by atoms with Gasteiger partial charge in [0.2, 0.25) is 0 Å². The first-order valence-corrected chi connectivity index (χ1v) is 12.0. The molecule has 0 spiro atoms. The first kappa shape index (κ1) is 24.9. The van der Waals surface area contributed by atoms with E-state index in [2.05, 4.69) is 22.0 Å². The zero-order chi connectivity index (χ0) is 24.0. The Morgan fingerprint density at radius 2 is 1.91 bits per heavy atom. The van der Waals surface area contributed by atoms with E-state index >= 15 is 0 Å². The topological polar surface area (TPSA) is 82.1 Å². The second-order valence-corrected chi connectivity index (χ2v) is 8.96. The van der Waals surface area contributed by atoms with Crippen molar-refractivity contribution in [1.82, 2.24) is 4.90 Å². The molecule has 33 heavy (non-hydrogen) atoms. The molecule has 0 radical (unpaired) electrons. The Hall–Kier alpha value is -2.78. The third-order valence-corrected chi connectivity index (χ3v) is 6.06. The van der Waals surface area contributed by atoms with Crippen molar-refractivity contribution < 1.29 is 28.6 Å². The Morgan fingerprint density at radius 1 is 1.12 bits per heavy atom. The van der Waals surface area contributed by atoms with Crippen LogP contribution in [-0.4, -0.2) is 41.8 Å². The van der Waals surface area contributed by atoms with Gasteiger partial charge in [-0.05, 0) is 77.8 Å². The van der Waals surface area contributed by atoms with E-state index in [1.807, 2.05) is 32.0 Å². The van der Waals surface area contributed by atoms with Crippen LogP contribution in [0.15, 0.2) is 45.8 Å².